The molecular formula is C28H39N5O3. The monoisotopic (exact) mass is 493 g/mol. The van der Waals surface area contributed by atoms with E-state index in [2.05, 4.69) is 16.0 Å². The summed E-state index contributed by atoms with van der Waals surface area (Å²) in [6.07, 6.45) is 6.64. The minimum absolute atomic E-state index is 0.0842. The molecule has 1 fully saturated rings. The number of hydrogen-bond donors (Lipinski definition) is 5. The van der Waals surface area contributed by atoms with Crippen LogP contribution in [0, 0.1) is 5.92 Å². The van der Waals surface area contributed by atoms with E-state index in [9.17, 15) is 14.4 Å². The molecule has 2 aromatic rings. The van der Waals surface area contributed by atoms with Crippen LogP contribution in [0.4, 0.5) is 0 Å². The van der Waals surface area contributed by atoms with Crippen LogP contribution in [0.15, 0.2) is 54.6 Å². The molecule has 0 aliphatic heterocycles. The van der Waals surface area contributed by atoms with Crippen LogP contribution in [0.3, 0.4) is 0 Å². The van der Waals surface area contributed by atoms with Crippen LogP contribution in [0.25, 0.3) is 0 Å². The number of benzene rings is 2. The number of nitrogens with one attached hydrogen (secondary N) is 3. The summed E-state index contributed by atoms with van der Waals surface area (Å²) in [5, 5.41) is 8.92. The first-order valence-electron chi connectivity index (χ1n) is 12.9. The van der Waals surface area contributed by atoms with Crippen molar-refractivity contribution in [1.82, 2.24) is 16.0 Å². The predicted octanol–water partition coefficient (Wildman–Crippen LogP) is 1.90. The van der Waals surface area contributed by atoms with Gasteiger partial charge in [-0.05, 0) is 29.0 Å². The second-order valence-electron chi connectivity index (χ2n) is 9.63. The van der Waals surface area contributed by atoms with E-state index in [0.29, 0.717) is 31.8 Å². The van der Waals surface area contributed by atoms with Crippen LogP contribution in [0.2, 0.25) is 0 Å². The fourth-order valence-electron chi connectivity index (χ4n) is 4.70. The molecule has 1 aliphatic carbocycles. The molecule has 0 heterocycles. The lowest BCUT2D eigenvalue weighted by atomic mass is 9.84. The fraction of sp³-hybridized carbons (Fsp3) is 0.464. The molecule has 8 nitrogen and oxygen atoms in total. The summed E-state index contributed by atoms with van der Waals surface area (Å²) in [4.78, 5) is 38.0. The van der Waals surface area contributed by atoms with Crippen LogP contribution in [0.5, 0.6) is 0 Å². The molecule has 0 spiro atoms. The van der Waals surface area contributed by atoms with E-state index in [0.717, 1.165) is 42.4 Å². The van der Waals surface area contributed by atoms with Crippen molar-refractivity contribution >= 4 is 17.7 Å². The van der Waals surface area contributed by atoms with Gasteiger partial charge in [0.15, 0.2) is 0 Å². The number of primary amides is 1. The molecule has 0 saturated heterocycles. The molecule has 7 N–H and O–H groups in total. The Morgan fingerprint density at radius 1 is 0.833 bits per heavy atom. The van der Waals surface area contributed by atoms with Gasteiger partial charge in [-0.15, -0.1) is 0 Å². The first kappa shape index (κ1) is 27.4. The second kappa shape index (κ2) is 14.4. The Hall–Kier alpha value is -3.23. The van der Waals surface area contributed by atoms with E-state index < -0.39 is 18.0 Å². The van der Waals surface area contributed by atoms with Gasteiger partial charge in [0.25, 0.3) is 0 Å². The van der Waals surface area contributed by atoms with E-state index in [4.69, 9.17) is 11.5 Å². The maximum absolute atomic E-state index is 13.4. The first-order valence-corrected chi connectivity index (χ1v) is 12.9. The lowest BCUT2D eigenvalue weighted by molar-refractivity contribution is -0.130. The Morgan fingerprint density at radius 2 is 1.50 bits per heavy atom. The van der Waals surface area contributed by atoms with E-state index in [1.165, 1.54) is 6.42 Å². The molecule has 36 heavy (non-hydrogen) atoms. The predicted molar refractivity (Wildman–Crippen MR) is 140 cm³/mol. The maximum atomic E-state index is 13.4. The molecule has 3 amide bonds. The van der Waals surface area contributed by atoms with E-state index >= 15 is 0 Å². The summed E-state index contributed by atoms with van der Waals surface area (Å²) in [6, 6.07) is 16.0. The van der Waals surface area contributed by atoms with Gasteiger partial charge >= 0.3 is 0 Å². The van der Waals surface area contributed by atoms with Gasteiger partial charge in [-0.2, -0.15) is 0 Å². The number of carbonyl (C=O) groups excluding carboxylic acids is 3. The van der Waals surface area contributed by atoms with Gasteiger partial charge in [0.1, 0.15) is 6.04 Å². The Bertz CT molecular complexity index is 974. The zero-order valence-electron chi connectivity index (χ0n) is 20.9. The van der Waals surface area contributed by atoms with Crippen molar-refractivity contribution in [2.24, 2.45) is 17.4 Å². The van der Waals surface area contributed by atoms with Crippen molar-refractivity contribution in [3.05, 3.63) is 71.3 Å². The molecule has 8 heteroatoms. The van der Waals surface area contributed by atoms with Gasteiger partial charge in [0.05, 0.1) is 12.6 Å². The number of nitrogens with two attached hydrogens (primary N) is 2. The Kier molecular flexibility index (Phi) is 10.9. The van der Waals surface area contributed by atoms with Crippen molar-refractivity contribution in [2.75, 3.05) is 6.54 Å². The first-order chi connectivity index (χ1) is 17.4. The summed E-state index contributed by atoms with van der Waals surface area (Å²) < 4.78 is 0. The SMILES string of the molecule is NCc1ccc(CNC(=O)[C@H](Cc2ccccc2)NC(=O)[C@@H](CC2CCCCC2)NCC(N)=O)cc1. The third kappa shape index (κ3) is 9.09. The van der Waals surface area contributed by atoms with Crippen molar-refractivity contribution in [1.29, 1.82) is 0 Å². The molecule has 1 aliphatic rings. The summed E-state index contributed by atoms with van der Waals surface area (Å²) in [5.41, 5.74) is 13.9. The summed E-state index contributed by atoms with van der Waals surface area (Å²) >= 11 is 0. The Morgan fingerprint density at radius 3 is 2.14 bits per heavy atom. The summed E-state index contributed by atoms with van der Waals surface area (Å²) in [5.74, 6) is -0.657. The Labute approximate surface area is 213 Å². The quantitative estimate of drug-likeness (QED) is 0.290. The maximum Gasteiger partial charge on any atom is 0.243 e. The second-order valence-corrected chi connectivity index (χ2v) is 9.63. The molecule has 0 unspecified atom stereocenters. The van der Waals surface area contributed by atoms with Crippen LogP contribution in [-0.4, -0.2) is 36.3 Å². The number of carbonyl (C=O) groups is 3. The molecule has 194 valence electrons. The third-order valence-corrected chi connectivity index (χ3v) is 6.77. The highest BCUT2D eigenvalue weighted by Crippen LogP contribution is 2.27. The number of rotatable bonds is 13. The lowest BCUT2D eigenvalue weighted by Crippen LogP contribution is -2.54. The Balaban J connectivity index is 1.69. The van der Waals surface area contributed by atoms with Crippen LogP contribution in [0.1, 0.15) is 55.2 Å². The topological polar surface area (TPSA) is 139 Å². The van der Waals surface area contributed by atoms with Crippen LogP contribution >= 0.6 is 0 Å². The van der Waals surface area contributed by atoms with E-state index in [1.54, 1.807) is 0 Å². The third-order valence-electron chi connectivity index (χ3n) is 6.77. The molecule has 2 aromatic carbocycles. The van der Waals surface area contributed by atoms with E-state index in [-0.39, 0.29) is 18.4 Å². The van der Waals surface area contributed by atoms with Gasteiger partial charge in [-0.1, -0.05) is 86.7 Å². The normalized spacial score (nSPS) is 15.6. The minimum atomic E-state index is -0.757. The smallest absolute Gasteiger partial charge is 0.243 e. The largest absolute Gasteiger partial charge is 0.369 e. The zero-order chi connectivity index (χ0) is 25.8. The molecule has 0 bridgehead atoms. The van der Waals surface area contributed by atoms with Gasteiger partial charge in [0.2, 0.25) is 17.7 Å². The van der Waals surface area contributed by atoms with E-state index in [1.807, 2.05) is 54.6 Å². The fourth-order valence-corrected chi connectivity index (χ4v) is 4.70. The van der Waals surface area contributed by atoms with Gasteiger partial charge in [-0.3, -0.25) is 19.7 Å². The standard InChI is InChI=1S/C28H39N5O3/c29-17-22-11-13-23(14-12-22)18-32-27(35)25(16-21-9-5-2-6-10-21)33-28(36)24(31-19-26(30)34)15-20-7-3-1-4-8-20/h2,5-6,9-14,20,24-25,31H,1,3-4,7-8,15-19,29H2,(H2,30,34)(H,32,35)(H,33,36)/t24-,25+/m1/s1. The molecule has 2 atom stereocenters. The van der Waals surface area contributed by atoms with Gasteiger partial charge in [0, 0.05) is 19.5 Å². The molecular weight excluding hydrogens is 454 g/mol. The average molecular weight is 494 g/mol. The van der Waals surface area contributed by atoms with Crippen molar-refractivity contribution in [3.63, 3.8) is 0 Å². The highest BCUT2D eigenvalue weighted by atomic mass is 16.2. The summed E-state index contributed by atoms with van der Waals surface area (Å²) in [6.45, 7) is 0.721. The molecule has 0 radical (unpaired) electrons. The highest BCUT2D eigenvalue weighted by molar-refractivity contribution is 5.90. The minimum Gasteiger partial charge on any atom is -0.369 e. The zero-order valence-corrected chi connectivity index (χ0v) is 20.9. The van der Waals surface area contributed by atoms with Gasteiger partial charge in [-0.25, -0.2) is 0 Å². The lowest BCUT2D eigenvalue weighted by Gasteiger charge is -2.28. The van der Waals surface area contributed by atoms with Crippen molar-refractivity contribution in [3.8, 4) is 0 Å². The average Bonchev–Trinajstić information content (AvgIpc) is 2.90. The van der Waals surface area contributed by atoms with Gasteiger partial charge < -0.3 is 22.1 Å². The van der Waals surface area contributed by atoms with Crippen molar-refractivity contribution < 1.29 is 14.4 Å². The van der Waals surface area contributed by atoms with Crippen LogP contribution in [-0.2, 0) is 33.9 Å². The molecule has 0 aromatic heterocycles. The highest BCUT2D eigenvalue weighted by Gasteiger charge is 2.28. The number of hydrogen-bond acceptors (Lipinski definition) is 5. The number of amides is 3. The molecule has 3 rings (SSSR count). The van der Waals surface area contributed by atoms with Crippen molar-refractivity contribution in [2.45, 2.75) is 70.1 Å². The van der Waals surface area contributed by atoms with Crippen LogP contribution < -0.4 is 27.4 Å². The summed E-state index contributed by atoms with van der Waals surface area (Å²) in [7, 11) is 0. The molecule has 1 saturated carbocycles.